The molecule has 4 heteroatoms. The molecule has 0 aromatic carbocycles. The highest BCUT2D eigenvalue weighted by Crippen LogP contribution is 2.17. The summed E-state index contributed by atoms with van der Waals surface area (Å²) in [6.07, 6.45) is 2.81. The van der Waals surface area contributed by atoms with Crippen LogP contribution in [0, 0.1) is 5.92 Å². The van der Waals surface area contributed by atoms with Crippen molar-refractivity contribution in [3.05, 3.63) is 24.0 Å². The number of nitrogens with zero attached hydrogens (tertiary/aromatic N) is 1. The third-order valence-corrected chi connectivity index (χ3v) is 2.71. The van der Waals surface area contributed by atoms with Crippen LogP contribution in [-0.2, 0) is 10.6 Å². The summed E-state index contributed by atoms with van der Waals surface area (Å²) >= 11 is 5.69. The lowest BCUT2D eigenvalue weighted by Crippen LogP contribution is -2.11. The number of ether oxygens (including phenoxy) is 2. The summed E-state index contributed by atoms with van der Waals surface area (Å²) in [5.74, 6) is 1.79. The van der Waals surface area contributed by atoms with Gasteiger partial charge in [-0.25, -0.2) is 0 Å². The SMILES string of the molecule is ClCc1cc(OCC2CCOC2)ccn1. The Hall–Kier alpha value is -0.800. The van der Waals surface area contributed by atoms with Gasteiger partial charge >= 0.3 is 0 Å². The van der Waals surface area contributed by atoms with Gasteiger partial charge in [-0.15, -0.1) is 11.6 Å². The first kappa shape index (κ1) is 10.7. The Bertz CT molecular complexity index is 313. The predicted octanol–water partition coefficient (Wildman–Crippen LogP) is 2.24. The van der Waals surface area contributed by atoms with Crippen LogP contribution in [-0.4, -0.2) is 24.8 Å². The van der Waals surface area contributed by atoms with Crippen molar-refractivity contribution in [3.63, 3.8) is 0 Å². The number of aromatic nitrogens is 1. The number of hydrogen-bond donors (Lipinski definition) is 0. The highest BCUT2D eigenvalue weighted by Gasteiger charge is 2.16. The average Bonchev–Trinajstić information content (AvgIpc) is 2.79. The van der Waals surface area contributed by atoms with E-state index in [1.807, 2.05) is 12.1 Å². The quantitative estimate of drug-likeness (QED) is 0.740. The maximum atomic E-state index is 5.69. The van der Waals surface area contributed by atoms with E-state index in [0.717, 1.165) is 31.1 Å². The van der Waals surface area contributed by atoms with E-state index in [9.17, 15) is 0 Å². The molecule has 0 N–H and O–H groups in total. The van der Waals surface area contributed by atoms with Crippen molar-refractivity contribution in [1.29, 1.82) is 0 Å². The molecule has 2 rings (SSSR count). The van der Waals surface area contributed by atoms with Gasteiger partial charge in [0.15, 0.2) is 0 Å². The highest BCUT2D eigenvalue weighted by molar-refractivity contribution is 6.16. The summed E-state index contributed by atoms with van der Waals surface area (Å²) in [7, 11) is 0. The summed E-state index contributed by atoms with van der Waals surface area (Å²) < 4.78 is 10.9. The molecule has 0 radical (unpaired) electrons. The monoisotopic (exact) mass is 227 g/mol. The molecule has 1 aliphatic rings. The Morgan fingerprint density at radius 1 is 1.60 bits per heavy atom. The van der Waals surface area contributed by atoms with E-state index in [1.165, 1.54) is 0 Å². The van der Waals surface area contributed by atoms with Crippen LogP contribution in [0.2, 0.25) is 0 Å². The largest absolute Gasteiger partial charge is 0.493 e. The predicted molar refractivity (Wildman–Crippen MR) is 58.2 cm³/mol. The third-order valence-electron chi connectivity index (χ3n) is 2.43. The lowest BCUT2D eigenvalue weighted by molar-refractivity contribution is 0.167. The molecule has 15 heavy (non-hydrogen) atoms. The van der Waals surface area contributed by atoms with Gasteiger partial charge in [-0.2, -0.15) is 0 Å². The molecule has 0 bridgehead atoms. The summed E-state index contributed by atoms with van der Waals surface area (Å²) in [5, 5.41) is 0. The Labute approximate surface area is 94.4 Å². The van der Waals surface area contributed by atoms with E-state index < -0.39 is 0 Å². The number of pyridine rings is 1. The number of rotatable bonds is 4. The molecular formula is C11H14ClNO2. The standard InChI is InChI=1S/C11H14ClNO2/c12-6-10-5-11(1-3-13-10)15-8-9-2-4-14-7-9/h1,3,5,9H,2,4,6-8H2. The van der Waals surface area contributed by atoms with Crippen molar-refractivity contribution in [2.24, 2.45) is 5.92 Å². The van der Waals surface area contributed by atoms with Crippen LogP contribution in [0.4, 0.5) is 0 Å². The van der Waals surface area contributed by atoms with Crippen LogP contribution in [0.3, 0.4) is 0 Å². The van der Waals surface area contributed by atoms with Crippen LogP contribution >= 0.6 is 11.6 Å². The van der Waals surface area contributed by atoms with E-state index >= 15 is 0 Å². The van der Waals surface area contributed by atoms with E-state index in [1.54, 1.807) is 6.20 Å². The summed E-state index contributed by atoms with van der Waals surface area (Å²) in [6.45, 7) is 2.39. The van der Waals surface area contributed by atoms with Gasteiger partial charge in [-0.1, -0.05) is 0 Å². The second kappa shape index (κ2) is 5.33. The molecule has 1 fully saturated rings. The van der Waals surface area contributed by atoms with Gasteiger partial charge in [0, 0.05) is 24.8 Å². The first-order chi connectivity index (χ1) is 7.38. The van der Waals surface area contributed by atoms with E-state index in [0.29, 0.717) is 18.4 Å². The first-order valence-corrected chi connectivity index (χ1v) is 5.63. The van der Waals surface area contributed by atoms with Gasteiger partial charge in [-0.05, 0) is 12.5 Å². The lowest BCUT2D eigenvalue weighted by atomic mass is 10.1. The lowest BCUT2D eigenvalue weighted by Gasteiger charge is -2.10. The van der Waals surface area contributed by atoms with Gasteiger partial charge in [0.1, 0.15) is 5.75 Å². The fourth-order valence-corrected chi connectivity index (χ4v) is 1.69. The fraction of sp³-hybridized carbons (Fsp3) is 0.545. The minimum absolute atomic E-state index is 0.420. The van der Waals surface area contributed by atoms with Crippen molar-refractivity contribution in [2.75, 3.05) is 19.8 Å². The summed E-state index contributed by atoms with van der Waals surface area (Å²) in [5.41, 5.74) is 0.844. The molecule has 2 heterocycles. The minimum Gasteiger partial charge on any atom is -0.493 e. The number of hydrogen-bond acceptors (Lipinski definition) is 3. The minimum atomic E-state index is 0.420. The van der Waals surface area contributed by atoms with Gasteiger partial charge in [-0.3, -0.25) is 4.98 Å². The maximum Gasteiger partial charge on any atom is 0.122 e. The van der Waals surface area contributed by atoms with Crippen LogP contribution in [0.25, 0.3) is 0 Å². The Morgan fingerprint density at radius 2 is 2.53 bits per heavy atom. The van der Waals surface area contributed by atoms with E-state index in [-0.39, 0.29) is 0 Å². The Balaban J connectivity index is 1.86. The first-order valence-electron chi connectivity index (χ1n) is 5.10. The van der Waals surface area contributed by atoms with Crippen molar-refractivity contribution in [2.45, 2.75) is 12.3 Å². The van der Waals surface area contributed by atoms with Crippen molar-refractivity contribution >= 4 is 11.6 Å². The molecule has 1 aromatic heterocycles. The molecule has 0 amide bonds. The van der Waals surface area contributed by atoms with E-state index in [4.69, 9.17) is 21.1 Å². The topological polar surface area (TPSA) is 31.4 Å². The van der Waals surface area contributed by atoms with Gasteiger partial charge in [0.2, 0.25) is 0 Å². The number of halogens is 1. The molecule has 1 atom stereocenters. The van der Waals surface area contributed by atoms with Gasteiger partial charge in [0.05, 0.1) is 24.8 Å². The summed E-state index contributed by atoms with van der Waals surface area (Å²) in [6, 6.07) is 3.73. The zero-order valence-electron chi connectivity index (χ0n) is 8.49. The second-order valence-electron chi connectivity index (χ2n) is 3.66. The molecule has 82 valence electrons. The van der Waals surface area contributed by atoms with Gasteiger partial charge < -0.3 is 9.47 Å². The molecule has 1 saturated heterocycles. The Kier molecular flexibility index (Phi) is 3.80. The summed E-state index contributed by atoms with van der Waals surface area (Å²) in [4.78, 5) is 4.10. The smallest absolute Gasteiger partial charge is 0.122 e. The third kappa shape index (κ3) is 3.08. The molecule has 1 unspecified atom stereocenters. The second-order valence-corrected chi connectivity index (χ2v) is 3.92. The molecule has 1 aromatic rings. The van der Waals surface area contributed by atoms with Gasteiger partial charge in [0.25, 0.3) is 0 Å². The highest BCUT2D eigenvalue weighted by atomic mass is 35.5. The molecular weight excluding hydrogens is 214 g/mol. The number of alkyl halides is 1. The van der Waals surface area contributed by atoms with Crippen molar-refractivity contribution in [1.82, 2.24) is 4.98 Å². The molecule has 1 aliphatic heterocycles. The van der Waals surface area contributed by atoms with E-state index in [2.05, 4.69) is 4.98 Å². The Morgan fingerprint density at radius 3 is 3.27 bits per heavy atom. The van der Waals surface area contributed by atoms with Crippen molar-refractivity contribution in [3.8, 4) is 5.75 Å². The molecule has 0 spiro atoms. The average molecular weight is 228 g/mol. The normalized spacial score (nSPS) is 20.5. The maximum absolute atomic E-state index is 5.69. The molecule has 0 saturated carbocycles. The van der Waals surface area contributed by atoms with Crippen LogP contribution in [0.15, 0.2) is 18.3 Å². The fourth-order valence-electron chi connectivity index (χ4n) is 1.55. The molecule has 0 aliphatic carbocycles. The van der Waals surface area contributed by atoms with Crippen LogP contribution in [0.1, 0.15) is 12.1 Å². The zero-order valence-corrected chi connectivity index (χ0v) is 9.24. The molecule has 3 nitrogen and oxygen atoms in total. The van der Waals surface area contributed by atoms with Crippen LogP contribution in [0.5, 0.6) is 5.75 Å². The van der Waals surface area contributed by atoms with Crippen LogP contribution < -0.4 is 4.74 Å². The zero-order chi connectivity index (χ0) is 10.5. The van der Waals surface area contributed by atoms with Crippen molar-refractivity contribution < 1.29 is 9.47 Å².